The van der Waals surface area contributed by atoms with E-state index in [4.69, 9.17) is 10.8 Å². The number of hydrogen-bond donors (Lipinski definition) is 1. The number of nitrogens with zero attached hydrogens (tertiary/aromatic N) is 5. The maximum Gasteiger partial charge on any atom is 0.164 e. The fourth-order valence-corrected chi connectivity index (χ4v) is 2.31. The summed E-state index contributed by atoms with van der Waals surface area (Å²) in [6.45, 7) is 6.26. The van der Waals surface area contributed by atoms with Crippen LogP contribution >= 0.6 is 0 Å². The van der Waals surface area contributed by atoms with E-state index >= 15 is 0 Å². The molecule has 0 fully saturated rings. The van der Waals surface area contributed by atoms with Gasteiger partial charge in [0.1, 0.15) is 12.1 Å². The summed E-state index contributed by atoms with van der Waals surface area (Å²) in [5.41, 5.74) is 8.43. The highest BCUT2D eigenvalue weighted by molar-refractivity contribution is 5.88. The van der Waals surface area contributed by atoms with Crippen LogP contribution in [0.3, 0.4) is 0 Å². The summed E-state index contributed by atoms with van der Waals surface area (Å²) in [6, 6.07) is 5.83. The molecule has 0 aliphatic heterocycles. The lowest BCUT2D eigenvalue weighted by Crippen LogP contribution is -2.23. The second-order valence-corrected chi connectivity index (χ2v) is 5.98. The molecule has 0 saturated carbocycles. The van der Waals surface area contributed by atoms with Crippen LogP contribution in [0, 0.1) is 0 Å². The Morgan fingerprint density at radius 2 is 1.95 bits per heavy atom. The van der Waals surface area contributed by atoms with Crippen molar-refractivity contribution in [3.63, 3.8) is 0 Å². The molecule has 0 amide bonds. The first-order valence-electron chi connectivity index (χ1n) is 6.85. The van der Waals surface area contributed by atoms with Gasteiger partial charge < -0.3 is 5.73 Å². The molecule has 6 nitrogen and oxygen atoms in total. The first-order chi connectivity index (χ1) is 9.97. The summed E-state index contributed by atoms with van der Waals surface area (Å²) in [4.78, 5) is 12.8. The van der Waals surface area contributed by atoms with Crippen molar-refractivity contribution < 1.29 is 0 Å². The number of nitrogens with two attached hydrogens (primary N) is 1. The predicted molar refractivity (Wildman–Crippen MR) is 81.8 cm³/mol. The smallest absolute Gasteiger partial charge is 0.164 e. The molecule has 0 aliphatic rings. The number of aromatic nitrogens is 5. The zero-order chi connectivity index (χ0) is 15.0. The van der Waals surface area contributed by atoms with E-state index in [-0.39, 0.29) is 5.54 Å². The summed E-state index contributed by atoms with van der Waals surface area (Å²) in [6.07, 6.45) is 3.86. The molecule has 0 unspecified atom stereocenters. The highest BCUT2D eigenvalue weighted by Gasteiger charge is 2.23. The van der Waals surface area contributed by atoms with Crippen molar-refractivity contribution in [2.45, 2.75) is 32.7 Å². The zero-order valence-electron chi connectivity index (χ0n) is 12.4. The van der Waals surface area contributed by atoms with Gasteiger partial charge in [0.2, 0.25) is 0 Å². The number of nitrogen functional groups attached to an aromatic ring is 1. The lowest BCUT2D eigenvalue weighted by Gasteiger charge is -2.19. The molecule has 3 aromatic heterocycles. The van der Waals surface area contributed by atoms with E-state index in [0.29, 0.717) is 12.2 Å². The van der Waals surface area contributed by atoms with Crippen LogP contribution in [-0.2, 0) is 12.0 Å². The minimum atomic E-state index is -0.179. The van der Waals surface area contributed by atoms with E-state index in [0.717, 1.165) is 22.4 Å². The van der Waals surface area contributed by atoms with Crippen molar-refractivity contribution in [2.75, 3.05) is 5.73 Å². The summed E-state index contributed by atoms with van der Waals surface area (Å²) in [7, 11) is 0. The highest BCUT2D eigenvalue weighted by Crippen LogP contribution is 2.27. The summed E-state index contributed by atoms with van der Waals surface area (Å²) < 4.78 is 1.90. The van der Waals surface area contributed by atoms with Crippen LogP contribution in [0.2, 0.25) is 0 Å². The monoisotopic (exact) mass is 282 g/mol. The van der Waals surface area contributed by atoms with Gasteiger partial charge in [-0.15, -0.1) is 0 Å². The van der Waals surface area contributed by atoms with E-state index in [1.807, 2.05) is 22.9 Å². The number of rotatable bonds is 2. The molecule has 0 atom stereocenters. The Kier molecular flexibility index (Phi) is 3.08. The molecule has 0 aliphatic carbocycles. The van der Waals surface area contributed by atoms with Gasteiger partial charge >= 0.3 is 0 Å². The standard InChI is InChI=1S/C15H18N6/c1-15(2,3)21-14-12(13(16)18-9-19-14)11(20-21)8-10-6-4-5-7-17-10/h4-7,9H,8H2,1-3H3,(H2,16,18,19). The highest BCUT2D eigenvalue weighted by atomic mass is 15.3. The lowest BCUT2D eigenvalue weighted by molar-refractivity contribution is 0.363. The quantitative estimate of drug-likeness (QED) is 0.778. The topological polar surface area (TPSA) is 82.5 Å². The van der Waals surface area contributed by atoms with E-state index in [2.05, 4.69) is 35.7 Å². The summed E-state index contributed by atoms with van der Waals surface area (Å²) >= 11 is 0. The summed E-state index contributed by atoms with van der Waals surface area (Å²) in [5.74, 6) is 0.460. The van der Waals surface area contributed by atoms with Crippen molar-refractivity contribution in [3.05, 3.63) is 42.1 Å². The number of hydrogen-bond acceptors (Lipinski definition) is 5. The van der Waals surface area contributed by atoms with Crippen LogP contribution in [0.15, 0.2) is 30.7 Å². The van der Waals surface area contributed by atoms with Gasteiger partial charge in [-0.3, -0.25) is 4.98 Å². The third kappa shape index (κ3) is 2.44. The Bertz CT molecular complexity index is 770. The average molecular weight is 282 g/mol. The predicted octanol–water partition coefficient (Wildman–Crippen LogP) is 2.15. The van der Waals surface area contributed by atoms with Gasteiger partial charge in [-0.1, -0.05) is 6.07 Å². The van der Waals surface area contributed by atoms with E-state index in [1.54, 1.807) is 6.20 Å². The molecule has 3 heterocycles. The molecular formula is C15H18N6. The minimum Gasteiger partial charge on any atom is -0.383 e. The van der Waals surface area contributed by atoms with Crippen molar-refractivity contribution in [1.29, 1.82) is 0 Å². The van der Waals surface area contributed by atoms with Gasteiger partial charge in [0, 0.05) is 18.3 Å². The molecule has 6 heteroatoms. The SMILES string of the molecule is CC(C)(C)n1nc(Cc2ccccn2)c2c(N)ncnc21. The van der Waals surface area contributed by atoms with Crippen LogP contribution in [0.5, 0.6) is 0 Å². The molecule has 2 N–H and O–H groups in total. The van der Waals surface area contributed by atoms with Crippen LogP contribution < -0.4 is 5.73 Å². The van der Waals surface area contributed by atoms with E-state index < -0.39 is 0 Å². The number of pyridine rings is 1. The average Bonchev–Trinajstić information content (AvgIpc) is 2.80. The first-order valence-corrected chi connectivity index (χ1v) is 6.85. The normalized spacial score (nSPS) is 12.0. The molecule has 0 saturated heterocycles. The molecule has 0 bridgehead atoms. The third-order valence-corrected chi connectivity index (χ3v) is 3.28. The van der Waals surface area contributed by atoms with Crippen LogP contribution in [0.25, 0.3) is 11.0 Å². The van der Waals surface area contributed by atoms with Crippen LogP contribution in [-0.4, -0.2) is 24.7 Å². The Hall–Kier alpha value is -2.50. The van der Waals surface area contributed by atoms with E-state index in [1.165, 1.54) is 6.33 Å². The van der Waals surface area contributed by atoms with E-state index in [9.17, 15) is 0 Å². The maximum absolute atomic E-state index is 6.04. The zero-order valence-corrected chi connectivity index (χ0v) is 12.4. The van der Waals surface area contributed by atoms with Crippen molar-refractivity contribution >= 4 is 16.9 Å². The molecule has 3 rings (SSSR count). The largest absolute Gasteiger partial charge is 0.383 e. The molecule has 0 spiro atoms. The van der Waals surface area contributed by atoms with Gasteiger partial charge in [0.15, 0.2) is 5.65 Å². The van der Waals surface area contributed by atoms with Gasteiger partial charge in [0.05, 0.1) is 16.6 Å². The Labute approximate surface area is 123 Å². The van der Waals surface area contributed by atoms with Gasteiger partial charge in [0.25, 0.3) is 0 Å². The van der Waals surface area contributed by atoms with Crippen molar-refractivity contribution in [1.82, 2.24) is 24.7 Å². The second kappa shape index (κ2) is 4.80. The number of anilines is 1. The Morgan fingerprint density at radius 1 is 1.14 bits per heavy atom. The Morgan fingerprint density at radius 3 is 2.62 bits per heavy atom. The fourth-order valence-electron chi connectivity index (χ4n) is 2.31. The number of fused-ring (bicyclic) bond motifs is 1. The molecule has 0 radical (unpaired) electrons. The summed E-state index contributed by atoms with van der Waals surface area (Å²) in [5, 5.41) is 5.53. The minimum absolute atomic E-state index is 0.179. The van der Waals surface area contributed by atoms with Gasteiger partial charge in [-0.25, -0.2) is 14.6 Å². The molecule has 3 aromatic rings. The van der Waals surface area contributed by atoms with Gasteiger partial charge in [-0.05, 0) is 32.9 Å². The van der Waals surface area contributed by atoms with Crippen LogP contribution in [0.1, 0.15) is 32.2 Å². The Balaban J connectivity index is 2.19. The fraction of sp³-hybridized carbons (Fsp3) is 0.333. The van der Waals surface area contributed by atoms with Crippen molar-refractivity contribution in [3.8, 4) is 0 Å². The lowest BCUT2D eigenvalue weighted by atomic mass is 10.1. The first kappa shape index (κ1) is 13.5. The third-order valence-electron chi connectivity index (χ3n) is 3.28. The van der Waals surface area contributed by atoms with Crippen molar-refractivity contribution in [2.24, 2.45) is 0 Å². The maximum atomic E-state index is 6.04. The molecule has 108 valence electrons. The molecule has 21 heavy (non-hydrogen) atoms. The second-order valence-electron chi connectivity index (χ2n) is 5.98. The molecule has 0 aromatic carbocycles. The molecular weight excluding hydrogens is 264 g/mol. The van der Waals surface area contributed by atoms with Crippen LogP contribution in [0.4, 0.5) is 5.82 Å². The van der Waals surface area contributed by atoms with Gasteiger partial charge in [-0.2, -0.15) is 5.10 Å².